The number of benzene rings is 1. The Balaban J connectivity index is 1.95. The normalized spacial score (nSPS) is 14.8. The summed E-state index contributed by atoms with van der Waals surface area (Å²) in [4.78, 5) is 0. The maximum absolute atomic E-state index is 13.5. The summed E-state index contributed by atoms with van der Waals surface area (Å²) in [6.07, 6.45) is 4.35. The molecule has 1 aliphatic carbocycles. The molecule has 1 N–H and O–H groups in total. The number of halogens is 1. The third-order valence-corrected chi connectivity index (χ3v) is 3.92. The largest absolute Gasteiger partial charge is 0.310 e. The number of aryl methyl sites for hydroxylation is 1. The summed E-state index contributed by atoms with van der Waals surface area (Å²) >= 11 is 0. The topological polar surface area (TPSA) is 29.9 Å². The van der Waals surface area contributed by atoms with Crippen molar-refractivity contribution in [1.82, 2.24) is 15.1 Å². The van der Waals surface area contributed by atoms with Crippen molar-refractivity contribution in [2.24, 2.45) is 0 Å². The van der Waals surface area contributed by atoms with Gasteiger partial charge >= 0.3 is 0 Å². The molecule has 4 heteroatoms. The molecule has 1 aromatic heterocycles. The van der Waals surface area contributed by atoms with E-state index in [-0.39, 0.29) is 5.82 Å². The fraction of sp³-hybridized carbons (Fsp3) is 0.438. The lowest BCUT2D eigenvalue weighted by Crippen LogP contribution is -2.16. The molecule has 0 spiro atoms. The van der Waals surface area contributed by atoms with Crippen molar-refractivity contribution >= 4 is 0 Å². The van der Waals surface area contributed by atoms with Crippen LogP contribution < -0.4 is 5.32 Å². The first-order valence-electron chi connectivity index (χ1n) is 7.23. The van der Waals surface area contributed by atoms with Crippen molar-refractivity contribution in [1.29, 1.82) is 0 Å². The quantitative estimate of drug-likeness (QED) is 0.906. The van der Waals surface area contributed by atoms with Crippen LogP contribution in [0.1, 0.15) is 31.0 Å². The molecule has 0 atom stereocenters. The summed E-state index contributed by atoms with van der Waals surface area (Å²) in [5.41, 5.74) is 4.32. The van der Waals surface area contributed by atoms with Gasteiger partial charge in [0.15, 0.2) is 0 Å². The van der Waals surface area contributed by atoms with Crippen LogP contribution in [0.4, 0.5) is 4.39 Å². The van der Waals surface area contributed by atoms with Gasteiger partial charge in [-0.1, -0.05) is 6.07 Å². The van der Waals surface area contributed by atoms with Crippen LogP contribution in [-0.4, -0.2) is 15.8 Å². The molecule has 0 unspecified atom stereocenters. The summed E-state index contributed by atoms with van der Waals surface area (Å²) in [7, 11) is 0. The second-order valence-electron chi connectivity index (χ2n) is 5.42. The Kier molecular flexibility index (Phi) is 3.57. The van der Waals surface area contributed by atoms with Gasteiger partial charge in [0, 0.05) is 30.4 Å². The molecule has 20 heavy (non-hydrogen) atoms. The highest BCUT2D eigenvalue weighted by Crippen LogP contribution is 2.28. The Bertz CT molecular complexity index is 614. The van der Waals surface area contributed by atoms with Gasteiger partial charge in [-0.05, 0) is 49.9 Å². The van der Waals surface area contributed by atoms with Gasteiger partial charge in [-0.2, -0.15) is 5.10 Å². The number of nitrogens with zero attached hydrogens (tertiary/aromatic N) is 2. The molecule has 0 aliphatic heterocycles. The zero-order valence-corrected chi connectivity index (χ0v) is 12.0. The second kappa shape index (κ2) is 5.37. The van der Waals surface area contributed by atoms with Crippen molar-refractivity contribution in [3.8, 4) is 11.1 Å². The maximum Gasteiger partial charge on any atom is 0.123 e. The zero-order chi connectivity index (χ0) is 14.1. The minimum absolute atomic E-state index is 0.179. The first-order chi connectivity index (χ1) is 9.69. The van der Waals surface area contributed by atoms with Crippen LogP contribution in [0.5, 0.6) is 0 Å². The van der Waals surface area contributed by atoms with Gasteiger partial charge in [0.05, 0.1) is 6.20 Å². The summed E-state index contributed by atoms with van der Waals surface area (Å²) in [6, 6.07) is 5.64. The SMILES string of the molecule is CCn1ncc(-c2ccc(F)cc2CNC2CC2)c1C. The van der Waals surface area contributed by atoms with E-state index in [0.29, 0.717) is 12.6 Å². The molecule has 3 rings (SSSR count). The first-order valence-corrected chi connectivity index (χ1v) is 7.23. The van der Waals surface area contributed by atoms with E-state index in [0.717, 1.165) is 28.9 Å². The zero-order valence-electron chi connectivity index (χ0n) is 12.0. The second-order valence-corrected chi connectivity index (χ2v) is 5.42. The predicted molar refractivity (Wildman–Crippen MR) is 77.9 cm³/mol. The molecular formula is C16H20FN3. The lowest BCUT2D eigenvalue weighted by molar-refractivity contribution is 0.620. The van der Waals surface area contributed by atoms with Gasteiger partial charge in [-0.25, -0.2) is 4.39 Å². The average Bonchev–Trinajstić information content (AvgIpc) is 3.20. The Morgan fingerprint density at radius 1 is 1.35 bits per heavy atom. The highest BCUT2D eigenvalue weighted by molar-refractivity contribution is 5.69. The lowest BCUT2D eigenvalue weighted by Gasteiger charge is -2.11. The number of hydrogen-bond donors (Lipinski definition) is 1. The summed E-state index contributed by atoms with van der Waals surface area (Å²) < 4.78 is 15.5. The fourth-order valence-corrected chi connectivity index (χ4v) is 2.54. The number of hydrogen-bond acceptors (Lipinski definition) is 2. The van der Waals surface area contributed by atoms with Gasteiger partial charge in [-0.15, -0.1) is 0 Å². The van der Waals surface area contributed by atoms with Crippen molar-refractivity contribution in [2.75, 3.05) is 0 Å². The van der Waals surface area contributed by atoms with E-state index in [1.165, 1.54) is 18.9 Å². The molecular weight excluding hydrogens is 253 g/mol. The molecule has 1 saturated carbocycles. The smallest absolute Gasteiger partial charge is 0.123 e. The van der Waals surface area contributed by atoms with Gasteiger partial charge < -0.3 is 5.32 Å². The standard InChI is InChI=1S/C16H20FN3/c1-3-20-11(2)16(10-19-20)15-7-4-13(17)8-12(15)9-18-14-5-6-14/h4,7-8,10,14,18H,3,5-6,9H2,1-2H3. The van der Waals surface area contributed by atoms with Crippen molar-refractivity contribution in [2.45, 2.75) is 45.8 Å². The molecule has 1 aromatic carbocycles. The van der Waals surface area contributed by atoms with Crippen LogP contribution in [0.15, 0.2) is 24.4 Å². The van der Waals surface area contributed by atoms with Crippen molar-refractivity contribution in [3.63, 3.8) is 0 Å². The van der Waals surface area contributed by atoms with Crippen LogP contribution in [0, 0.1) is 12.7 Å². The molecule has 2 aromatic rings. The predicted octanol–water partition coefficient (Wildman–Crippen LogP) is 3.27. The Morgan fingerprint density at radius 3 is 2.80 bits per heavy atom. The molecule has 1 aliphatic rings. The fourth-order valence-electron chi connectivity index (χ4n) is 2.54. The van der Waals surface area contributed by atoms with Gasteiger partial charge in [-0.3, -0.25) is 4.68 Å². The maximum atomic E-state index is 13.5. The third kappa shape index (κ3) is 2.61. The summed E-state index contributed by atoms with van der Waals surface area (Å²) in [6.45, 7) is 5.70. The Labute approximate surface area is 118 Å². The summed E-state index contributed by atoms with van der Waals surface area (Å²) in [5, 5.41) is 7.84. The van der Waals surface area contributed by atoms with E-state index in [2.05, 4.69) is 24.3 Å². The molecule has 0 saturated heterocycles. The van der Waals surface area contributed by atoms with Gasteiger partial charge in [0.25, 0.3) is 0 Å². The Hall–Kier alpha value is -1.68. The monoisotopic (exact) mass is 273 g/mol. The van der Waals surface area contributed by atoms with E-state index >= 15 is 0 Å². The van der Waals surface area contributed by atoms with E-state index in [1.54, 1.807) is 6.07 Å². The van der Waals surface area contributed by atoms with Gasteiger partial charge in [0.2, 0.25) is 0 Å². The van der Waals surface area contributed by atoms with Gasteiger partial charge in [0.1, 0.15) is 5.82 Å². The van der Waals surface area contributed by atoms with Crippen LogP contribution >= 0.6 is 0 Å². The first kappa shape index (κ1) is 13.3. The number of aromatic nitrogens is 2. The summed E-state index contributed by atoms with van der Waals surface area (Å²) in [5.74, 6) is -0.179. The van der Waals surface area contributed by atoms with Crippen LogP contribution in [-0.2, 0) is 13.1 Å². The highest BCUT2D eigenvalue weighted by atomic mass is 19.1. The van der Waals surface area contributed by atoms with E-state index < -0.39 is 0 Å². The Morgan fingerprint density at radius 2 is 2.15 bits per heavy atom. The van der Waals surface area contributed by atoms with Crippen molar-refractivity contribution in [3.05, 3.63) is 41.5 Å². The van der Waals surface area contributed by atoms with E-state index in [1.807, 2.05) is 16.9 Å². The average molecular weight is 273 g/mol. The molecule has 1 heterocycles. The van der Waals surface area contributed by atoms with E-state index in [4.69, 9.17) is 0 Å². The molecule has 3 nitrogen and oxygen atoms in total. The number of rotatable bonds is 5. The van der Waals surface area contributed by atoms with Crippen molar-refractivity contribution < 1.29 is 4.39 Å². The van der Waals surface area contributed by atoms with Crippen LogP contribution in [0.25, 0.3) is 11.1 Å². The number of nitrogens with one attached hydrogen (secondary N) is 1. The van der Waals surface area contributed by atoms with E-state index in [9.17, 15) is 4.39 Å². The lowest BCUT2D eigenvalue weighted by atomic mass is 10.00. The third-order valence-electron chi connectivity index (χ3n) is 3.92. The van der Waals surface area contributed by atoms with Crippen LogP contribution in [0.2, 0.25) is 0 Å². The molecule has 0 bridgehead atoms. The molecule has 106 valence electrons. The molecule has 1 fully saturated rings. The molecule has 0 amide bonds. The molecule has 0 radical (unpaired) electrons. The van der Waals surface area contributed by atoms with Crippen LogP contribution in [0.3, 0.4) is 0 Å². The minimum atomic E-state index is -0.179. The minimum Gasteiger partial charge on any atom is -0.310 e. The highest BCUT2D eigenvalue weighted by Gasteiger charge is 2.21.